The number of nitrogen functional groups attached to an aromatic ring is 1. The minimum atomic E-state index is -0.457. The van der Waals surface area contributed by atoms with Gasteiger partial charge in [0.15, 0.2) is 5.75 Å². The third-order valence-electron chi connectivity index (χ3n) is 7.98. The van der Waals surface area contributed by atoms with Crippen molar-refractivity contribution in [3.63, 3.8) is 0 Å². The SMILES string of the molecule is COc1cc(N2CCN(C(C)C)CC2)c(OC)cc1N.COc1cc([N+](=O)[O-])c(OC)cc1N1CCN(C(C)C)CC1. The van der Waals surface area contributed by atoms with Crippen LogP contribution in [0.3, 0.4) is 0 Å². The van der Waals surface area contributed by atoms with E-state index in [0.717, 1.165) is 69.5 Å². The zero-order valence-corrected chi connectivity index (χ0v) is 26.4. The molecule has 0 saturated carbocycles. The molecule has 2 N–H and O–H groups in total. The molecule has 2 aromatic carbocycles. The van der Waals surface area contributed by atoms with Crippen molar-refractivity contribution in [2.24, 2.45) is 0 Å². The molecule has 12 nitrogen and oxygen atoms in total. The van der Waals surface area contributed by atoms with E-state index in [2.05, 4.69) is 47.3 Å². The van der Waals surface area contributed by atoms with E-state index in [4.69, 9.17) is 24.7 Å². The van der Waals surface area contributed by atoms with Gasteiger partial charge in [0.1, 0.15) is 17.2 Å². The predicted molar refractivity (Wildman–Crippen MR) is 168 cm³/mol. The van der Waals surface area contributed by atoms with Gasteiger partial charge in [-0.1, -0.05) is 0 Å². The van der Waals surface area contributed by atoms with E-state index in [1.807, 2.05) is 12.1 Å². The molecule has 0 amide bonds. The second-order valence-electron chi connectivity index (χ2n) is 11.0. The number of nitro groups is 1. The highest BCUT2D eigenvalue weighted by molar-refractivity contribution is 5.70. The summed E-state index contributed by atoms with van der Waals surface area (Å²) in [5.74, 6) is 2.27. The van der Waals surface area contributed by atoms with Crippen LogP contribution in [0.2, 0.25) is 0 Å². The molecule has 0 radical (unpaired) electrons. The molecular formula is C30H48N6O6. The number of ether oxygens (including phenoxy) is 4. The van der Waals surface area contributed by atoms with Gasteiger partial charge in [0, 0.05) is 82.6 Å². The first-order valence-corrected chi connectivity index (χ1v) is 14.4. The number of nitro benzene ring substituents is 1. The Morgan fingerprint density at radius 3 is 1.38 bits per heavy atom. The molecule has 2 fully saturated rings. The predicted octanol–water partition coefficient (Wildman–Crippen LogP) is 3.96. The van der Waals surface area contributed by atoms with E-state index in [1.54, 1.807) is 20.3 Å². The van der Waals surface area contributed by atoms with Gasteiger partial charge in [-0.05, 0) is 27.7 Å². The number of methoxy groups -OCH3 is 4. The summed E-state index contributed by atoms with van der Waals surface area (Å²) < 4.78 is 21.3. The summed E-state index contributed by atoms with van der Waals surface area (Å²) >= 11 is 0. The smallest absolute Gasteiger partial charge is 0.314 e. The molecule has 12 heteroatoms. The fourth-order valence-corrected chi connectivity index (χ4v) is 5.37. The maximum atomic E-state index is 11.1. The molecule has 0 aromatic heterocycles. The van der Waals surface area contributed by atoms with Crippen LogP contribution in [0.5, 0.6) is 23.0 Å². The topological polar surface area (TPSA) is 119 Å². The van der Waals surface area contributed by atoms with Gasteiger partial charge in [0.2, 0.25) is 0 Å². The van der Waals surface area contributed by atoms with Crippen LogP contribution in [0.25, 0.3) is 0 Å². The molecule has 2 heterocycles. The molecule has 2 saturated heterocycles. The standard InChI is InChI=1S/C15H23N3O4.C15H25N3O2/c1-11(2)16-5-7-17(8-6-16)12-9-15(22-4)13(18(19)20)10-14(12)21-3;1-11(2)17-5-7-18(8-6-17)13-10-14(19-3)12(16)9-15(13)20-4/h9-11H,5-8H2,1-4H3;9-11H,5-8,16H2,1-4H3. The first-order valence-electron chi connectivity index (χ1n) is 14.4. The Hall–Kier alpha value is -3.64. The maximum Gasteiger partial charge on any atom is 0.314 e. The Bertz CT molecular complexity index is 1180. The summed E-state index contributed by atoms with van der Waals surface area (Å²) in [5.41, 5.74) is 8.36. The van der Waals surface area contributed by atoms with E-state index >= 15 is 0 Å². The van der Waals surface area contributed by atoms with Crippen molar-refractivity contribution in [2.75, 3.05) is 96.3 Å². The Kier molecular flexibility index (Phi) is 11.7. The lowest BCUT2D eigenvalue weighted by Crippen LogP contribution is -2.49. The van der Waals surface area contributed by atoms with Crippen LogP contribution in [0.4, 0.5) is 22.7 Å². The molecule has 0 bridgehead atoms. The average Bonchev–Trinajstić information content (AvgIpc) is 3.00. The van der Waals surface area contributed by atoms with Gasteiger partial charge in [0.05, 0.1) is 56.5 Å². The first kappa shape index (κ1) is 32.9. The van der Waals surface area contributed by atoms with Crippen molar-refractivity contribution >= 4 is 22.7 Å². The zero-order valence-electron chi connectivity index (χ0n) is 26.4. The van der Waals surface area contributed by atoms with E-state index in [9.17, 15) is 10.1 Å². The number of nitrogens with zero attached hydrogens (tertiary/aromatic N) is 5. The van der Waals surface area contributed by atoms with Crippen LogP contribution >= 0.6 is 0 Å². The molecule has 42 heavy (non-hydrogen) atoms. The summed E-state index contributed by atoms with van der Waals surface area (Å²) in [6, 6.07) is 8.06. The Balaban J connectivity index is 0.000000231. The van der Waals surface area contributed by atoms with Crippen molar-refractivity contribution in [2.45, 2.75) is 39.8 Å². The molecule has 0 spiro atoms. The fourth-order valence-electron chi connectivity index (χ4n) is 5.37. The highest BCUT2D eigenvalue weighted by Crippen LogP contribution is 2.40. The van der Waals surface area contributed by atoms with Crippen LogP contribution in [-0.2, 0) is 0 Å². The van der Waals surface area contributed by atoms with Gasteiger partial charge in [0.25, 0.3) is 0 Å². The van der Waals surface area contributed by atoms with E-state index in [-0.39, 0.29) is 11.4 Å². The van der Waals surface area contributed by atoms with Gasteiger partial charge in [-0.2, -0.15) is 0 Å². The van der Waals surface area contributed by atoms with Crippen LogP contribution in [0, 0.1) is 10.1 Å². The van der Waals surface area contributed by atoms with Gasteiger partial charge >= 0.3 is 5.69 Å². The van der Waals surface area contributed by atoms with Gasteiger partial charge in [-0.15, -0.1) is 0 Å². The molecule has 2 aromatic rings. The molecule has 2 aliphatic heterocycles. The van der Waals surface area contributed by atoms with Gasteiger partial charge in [-0.3, -0.25) is 19.9 Å². The summed E-state index contributed by atoms with van der Waals surface area (Å²) in [4.78, 5) is 20.1. The van der Waals surface area contributed by atoms with E-state index in [0.29, 0.717) is 29.3 Å². The lowest BCUT2D eigenvalue weighted by Gasteiger charge is -2.38. The Morgan fingerprint density at radius 2 is 1.02 bits per heavy atom. The largest absolute Gasteiger partial charge is 0.495 e. The molecule has 234 valence electrons. The lowest BCUT2D eigenvalue weighted by atomic mass is 10.2. The van der Waals surface area contributed by atoms with Crippen molar-refractivity contribution < 1.29 is 23.9 Å². The number of benzene rings is 2. The monoisotopic (exact) mass is 588 g/mol. The Morgan fingerprint density at radius 1 is 0.643 bits per heavy atom. The van der Waals surface area contributed by atoms with Crippen LogP contribution in [0.15, 0.2) is 24.3 Å². The first-order chi connectivity index (χ1) is 20.0. The number of hydrogen-bond donors (Lipinski definition) is 1. The number of nitrogens with two attached hydrogens (primary N) is 1. The number of rotatable bonds is 9. The second kappa shape index (κ2) is 15.0. The van der Waals surface area contributed by atoms with Crippen LogP contribution < -0.4 is 34.5 Å². The number of anilines is 3. The summed E-state index contributed by atoms with van der Waals surface area (Å²) in [7, 11) is 6.28. The zero-order chi connectivity index (χ0) is 31.0. The maximum absolute atomic E-state index is 11.1. The molecule has 0 unspecified atom stereocenters. The third-order valence-corrected chi connectivity index (χ3v) is 7.98. The molecule has 2 aliphatic rings. The van der Waals surface area contributed by atoms with Crippen molar-refractivity contribution in [1.29, 1.82) is 0 Å². The lowest BCUT2D eigenvalue weighted by molar-refractivity contribution is -0.385. The highest BCUT2D eigenvalue weighted by Gasteiger charge is 2.26. The number of hydrogen-bond acceptors (Lipinski definition) is 11. The van der Waals surface area contributed by atoms with Crippen LogP contribution in [0.1, 0.15) is 27.7 Å². The van der Waals surface area contributed by atoms with Crippen LogP contribution in [-0.4, -0.2) is 108 Å². The molecule has 0 atom stereocenters. The highest BCUT2D eigenvalue weighted by atomic mass is 16.6. The third kappa shape index (κ3) is 7.80. The summed E-state index contributed by atoms with van der Waals surface area (Å²) in [5, 5.41) is 11.1. The normalized spacial score (nSPS) is 16.2. The quantitative estimate of drug-likeness (QED) is 0.260. The van der Waals surface area contributed by atoms with Gasteiger partial charge in [-0.25, -0.2) is 0 Å². The summed E-state index contributed by atoms with van der Waals surface area (Å²) in [6.07, 6.45) is 0. The van der Waals surface area contributed by atoms with Crippen molar-refractivity contribution in [3.05, 3.63) is 34.4 Å². The average molecular weight is 589 g/mol. The van der Waals surface area contributed by atoms with Crippen molar-refractivity contribution in [3.8, 4) is 23.0 Å². The fraction of sp³-hybridized carbons (Fsp3) is 0.600. The summed E-state index contributed by atoms with van der Waals surface area (Å²) in [6.45, 7) is 16.6. The minimum Gasteiger partial charge on any atom is -0.495 e. The van der Waals surface area contributed by atoms with E-state index in [1.165, 1.54) is 20.3 Å². The number of piperazine rings is 2. The van der Waals surface area contributed by atoms with Crippen molar-refractivity contribution in [1.82, 2.24) is 9.80 Å². The second-order valence-corrected chi connectivity index (χ2v) is 11.0. The minimum absolute atomic E-state index is 0.0797. The Labute approximate surface area is 250 Å². The van der Waals surface area contributed by atoms with E-state index < -0.39 is 4.92 Å². The molecule has 4 rings (SSSR count). The van der Waals surface area contributed by atoms with Gasteiger partial charge < -0.3 is 34.5 Å². The molecule has 0 aliphatic carbocycles. The molecular weight excluding hydrogens is 540 g/mol.